The maximum absolute atomic E-state index is 12.2. The largest absolute Gasteiger partial charge is 1.00 e. The fourth-order valence-electron chi connectivity index (χ4n) is 19.2. The average molecular weight is 2210 g/mol. The summed E-state index contributed by atoms with van der Waals surface area (Å²) in [5.41, 5.74) is 2.20. The van der Waals surface area contributed by atoms with E-state index in [0.717, 1.165) is 86.4 Å². The number of aliphatic hydroxyl groups excluding tert-OH is 3. The van der Waals surface area contributed by atoms with Gasteiger partial charge in [0.1, 0.15) is 30.7 Å². The molecule has 0 spiro atoms. The molecule has 6 aliphatic heterocycles. The summed E-state index contributed by atoms with van der Waals surface area (Å²) in [7, 11) is -3.03. The molecule has 10 heterocycles. The zero-order valence-electron chi connectivity index (χ0n) is 80.4. The van der Waals surface area contributed by atoms with Gasteiger partial charge in [0.15, 0.2) is 5.60 Å². The molecule has 726 valence electrons. The number of nitrogens with zero attached hydrogens (tertiary/aromatic N) is 4. The number of aldehydes is 1. The number of carbonyl (C=O) groups is 8. The molecule has 26 atom stereocenters. The van der Waals surface area contributed by atoms with Gasteiger partial charge < -0.3 is 89.2 Å². The second-order valence-corrected chi connectivity index (χ2v) is 39.8. The Balaban J connectivity index is 0.00000154. The normalized spacial score (nSPS) is 30.6. The van der Waals surface area contributed by atoms with Gasteiger partial charge in [-0.1, -0.05) is 74.8 Å². The molecule has 0 bridgehead atoms. The molecule has 131 heavy (non-hydrogen) atoms. The second-order valence-electron chi connectivity index (χ2n) is 34.1. The van der Waals surface area contributed by atoms with E-state index in [1.54, 1.807) is 38.5 Å². The number of rotatable bonds is 21. The van der Waals surface area contributed by atoms with Crippen LogP contribution in [0.4, 0.5) is 0 Å². The Bertz CT molecular complexity index is 4080. The molecule has 10 aliphatic rings. The van der Waals surface area contributed by atoms with Crippen molar-refractivity contribution in [3.8, 4) is 0 Å². The van der Waals surface area contributed by atoms with Gasteiger partial charge in [-0.05, 0) is 252 Å². The number of allylic oxidation sites excluding steroid dienone is 1. The van der Waals surface area contributed by atoms with E-state index in [9.17, 15) is 43.2 Å². The molecular weight excluding hydrogens is 2070 g/mol. The molecule has 0 amide bonds. The molecule has 6 saturated heterocycles. The van der Waals surface area contributed by atoms with Gasteiger partial charge in [0.05, 0.1) is 87.2 Å². The topological polar surface area (TPSA) is 442 Å². The molecule has 14 rings (SSSR count). The zero-order chi connectivity index (χ0) is 94.6. The van der Waals surface area contributed by atoms with E-state index in [4.69, 9.17) is 72.3 Å². The van der Waals surface area contributed by atoms with Gasteiger partial charge in [0.25, 0.3) is 6.47 Å². The first-order chi connectivity index (χ1) is 60.4. The molecule has 4 aliphatic carbocycles. The first-order valence-corrected chi connectivity index (χ1v) is 49.4. The maximum Gasteiger partial charge on any atom is 1.00 e. The van der Waals surface area contributed by atoms with Crippen LogP contribution < -0.4 is 108 Å². The van der Waals surface area contributed by atoms with Crippen LogP contribution in [0.1, 0.15) is 193 Å². The van der Waals surface area contributed by atoms with E-state index in [1.807, 2.05) is 110 Å². The molecule has 6 N–H and O–H groups in total. The number of cyclic esters (lactones) is 4. The quantitative estimate of drug-likeness (QED) is 0.0115. The third-order valence-corrected chi connectivity index (χ3v) is 28.7. The summed E-state index contributed by atoms with van der Waals surface area (Å²) in [6, 6.07) is 15.6. The Kier molecular flexibility index (Phi) is 63.2. The maximum atomic E-state index is 12.2. The molecule has 4 aromatic rings. The molecule has 4 aromatic heterocycles. The van der Waals surface area contributed by atoms with Gasteiger partial charge >= 0.3 is 146 Å². The van der Waals surface area contributed by atoms with Crippen molar-refractivity contribution in [1.82, 2.24) is 19.9 Å². The summed E-state index contributed by atoms with van der Waals surface area (Å²) in [4.78, 5) is 111. The van der Waals surface area contributed by atoms with Gasteiger partial charge in [0.2, 0.25) is 0 Å². The minimum Gasteiger partial charge on any atom is -1.00 e. The number of halogens is 4. The third-order valence-electron chi connectivity index (χ3n) is 24.8. The van der Waals surface area contributed by atoms with Gasteiger partial charge in [-0.2, -0.15) is 0 Å². The summed E-state index contributed by atoms with van der Waals surface area (Å²) >= 11 is 13.5. The van der Waals surface area contributed by atoms with Crippen LogP contribution in [0.25, 0.3) is 6.08 Å². The first-order valence-electron chi connectivity index (χ1n) is 44.5. The fourth-order valence-corrected chi connectivity index (χ4v) is 21.8. The number of aliphatic hydroxyl groups is 4. The average Bonchev–Trinajstić information content (AvgIpc) is 1.56. The molecule has 10 fully saturated rings. The van der Waals surface area contributed by atoms with Crippen LogP contribution in [0, 0.1) is 112 Å². The summed E-state index contributed by atoms with van der Waals surface area (Å²) in [6.07, 6.45) is 20.0. The Labute approximate surface area is 909 Å². The number of aromatic nitrogens is 4. The second kappa shape index (κ2) is 65.2. The van der Waals surface area contributed by atoms with Crippen LogP contribution in [-0.4, -0.2) is 196 Å². The summed E-state index contributed by atoms with van der Waals surface area (Å²) in [5, 5.41) is 43.1. The predicted octanol–water partition coefficient (Wildman–Crippen LogP) is 8.57. The van der Waals surface area contributed by atoms with Gasteiger partial charge in [-0.15, -0.1) is 0 Å². The molecule has 0 radical (unpaired) electrons. The summed E-state index contributed by atoms with van der Waals surface area (Å²) in [6.45, 7) is 36.2. The third kappa shape index (κ3) is 38.1. The van der Waals surface area contributed by atoms with Crippen molar-refractivity contribution in [1.29, 1.82) is 0 Å². The van der Waals surface area contributed by atoms with E-state index in [2.05, 4.69) is 129 Å². The van der Waals surface area contributed by atoms with Gasteiger partial charge in [-0.3, -0.25) is 53.3 Å². The standard InChI is InChI=1S/C20H24BrNO4.C18H22BrNO4.C18H22BrNO3.C14H20O5.C10H15BrNO3P.3C3H8O.C3H8.CH2O3.2K.H2O.Ti.H/c1-11-8-17-19(12(2)26-20(17)24)16(18(11)10-25-13(3)23)7-6-15-5-4-14(21)9-22-15;1-9-6-18(22)16(10(2)24-17(18)21)15-13(9)8-23-14(15)5-12-4-3-11(19)7-20-12;1-9-5-13-16(10(2)23-18(13)21)17-14(9)8-22-15(17)6-12-4-3-11(19)7-20-12;1-7-4-10-13(8(2)19-14(10)17)11(5-15)12(7)6-18-9(3)16;1-3-14-16(13,15-4-2)8-10-6-5-9(11)7-12-10;3*1-2-3-4;1-3-2;2-1-4-3;;;;;/h4-7,9,11-12,16-19H,8,10H2,1-3H3;3-4,7,9-10,13-16,22H,5-6,8H2,1-2H3;3-4,7,9-10,13-17H,5-6,8H2,1-2H3;5,7-8,10-13H,4,6H2,1-3H3;5-7H,3-4,8H2,1-2H3;3*4H,2-3H2,1H3;3H2,1-2H3;1,3H;;;1H2;;/q;;;;;;;;;;2*+1;;;-1/p-1/b7-6+;;;;;;;;;;;;;;/t11-,12+,16-,17+,18+,19-;9-,10+,13+,14-,15+,16-,18-;9-,10+,13+,14+,15-,16+,17+;7-,8+,10+,11-,12+,13+;;;;;;;;;;;/m0000.........../s1. The number of ether oxygens (including phenoxy) is 8. The van der Waals surface area contributed by atoms with E-state index < -0.39 is 19.2 Å². The summed E-state index contributed by atoms with van der Waals surface area (Å²) < 4.78 is 70.8. The van der Waals surface area contributed by atoms with Gasteiger partial charge in [-0.25, -0.2) is 4.79 Å². The monoisotopic (exact) mass is 2200 g/mol. The van der Waals surface area contributed by atoms with Crippen LogP contribution in [-0.2, 0) is 135 Å². The Hall–Kier alpha value is -1.96. The number of carbonyl (C=O) groups excluding carboxylic acids is 8. The van der Waals surface area contributed by atoms with E-state index in [0.29, 0.717) is 101 Å². The number of hydrogen-bond acceptors (Lipinski definition) is 29. The SMILES string of the molecule is CC(=O)OC[C@H]1[C@H](/C=C/c2ccc(Br)cn2)[C@@H]2[C@@H](C)OC(=O)[C@@H]2C[C@@H]1C.CC(=O)OC[C@H]1[C@H](C=O)[C@@H]2[C@@H](C)OC(=O)[C@@H]2C[C@@H]1C.CCC.CCCO.CCCO.CCCO.CCOP(=O)(Cc1ccc(Br)cn1)OCC.C[C@H]1C[C@@]2(O)C(=O)O[C@H](C)[C@H]2[C@@H]2[C@@H]1CO[C@H]2Cc1ccc(Br)cn1.C[C@H]1C[C@H]2C(=O)O[C@H](C)[C@H]2[C@@H]2[C@@H]1CO[C@H]2Cc1ccc(Br)cn1.O.O=CO[O-].[H-].[K+].[K+].[Ti]. The number of hydrogen-bond donors (Lipinski definition) is 4. The van der Waals surface area contributed by atoms with E-state index >= 15 is 0 Å². The van der Waals surface area contributed by atoms with Crippen molar-refractivity contribution < 1.29 is 252 Å². The predicted molar refractivity (Wildman–Crippen MR) is 492 cm³/mol. The number of fused-ring (bicyclic) bond motifs is 8. The van der Waals surface area contributed by atoms with Crippen molar-refractivity contribution in [3.63, 3.8) is 0 Å². The van der Waals surface area contributed by atoms with E-state index in [1.165, 1.54) is 20.3 Å². The van der Waals surface area contributed by atoms with E-state index in [-0.39, 0.29) is 300 Å². The Morgan fingerprint density at radius 1 is 0.542 bits per heavy atom. The van der Waals surface area contributed by atoms with Crippen LogP contribution in [0.3, 0.4) is 0 Å². The van der Waals surface area contributed by atoms with Crippen molar-refractivity contribution in [3.05, 3.63) is 120 Å². The Morgan fingerprint density at radius 3 is 1.28 bits per heavy atom. The zero-order valence-corrected chi connectivity index (χ0v) is 94.5. The summed E-state index contributed by atoms with van der Waals surface area (Å²) in [5.74, 6) is 1.06. The smallest absolute Gasteiger partial charge is 1.00 e. The van der Waals surface area contributed by atoms with Crippen molar-refractivity contribution in [2.45, 2.75) is 230 Å². The molecule has 0 aromatic carbocycles. The first kappa shape index (κ1) is 127. The minimum absolute atomic E-state index is 0. The van der Waals surface area contributed by atoms with Crippen molar-refractivity contribution in [2.75, 3.05) is 59.5 Å². The number of esters is 6. The van der Waals surface area contributed by atoms with Crippen molar-refractivity contribution >= 4 is 126 Å². The molecule has 38 heteroatoms. The number of pyridine rings is 4. The molecule has 30 nitrogen and oxygen atoms in total. The van der Waals surface area contributed by atoms with Gasteiger partial charge in [0, 0.05) is 170 Å². The van der Waals surface area contributed by atoms with Crippen LogP contribution >= 0.6 is 71.3 Å². The van der Waals surface area contributed by atoms with Crippen LogP contribution in [0.5, 0.6) is 0 Å². The van der Waals surface area contributed by atoms with Crippen LogP contribution in [0.15, 0.2) is 97.3 Å². The Morgan fingerprint density at radius 2 is 0.908 bits per heavy atom. The molecule has 4 saturated carbocycles. The fraction of sp³-hybridized carbons (Fsp3) is 0.677. The van der Waals surface area contributed by atoms with Crippen molar-refractivity contribution in [2.24, 2.45) is 112 Å². The van der Waals surface area contributed by atoms with Crippen LogP contribution in [0.2, 0.25) is 0 Å². The molecule has 0 unspecified atom stereocenters. The minimum atomic E-state index is -3.03. The molecular formula is C93H139Br4K2N4O26PTi.